The van der Waals surface area contributed by atoms with E-state index in [0.717, 1.165) is 25.5 Å². The van der Waals surface area contributed by atoms with Gasteiger partial charge < -0.3 is 14.8 Å². The Kier molecular flexibility index (Phi) is 8.06. The molecule has 8 nitrogen and oxygen atoms in total. The quantitative estimate of drug-likeness (QED) is 0.301. The van der Waals surface area contributed by atoms with Crippen molar-refractivity contribution >= 4 is 41.8 Å². The Balaban J connectivity index is 0.00000261. The second-order valence-corrected chi connectivity index (χ2v) is 7.06. The number of guanidine groups is 1. The van der Waals surface area contributed by atoms with E-state index in [9.17, 15) is 9.59 Å². The number of aliphatic imine (C=N–C) groups is 1. The van der Waals surface area contributed by atoms with Gasteiger partial charge in [0.1, 0.15) is 0 Å². The molecule has 3 heterocycles. The number of hydrogen-bond donors (Lipinski definition) is 1. The third kappa shape index (κ3) is 5.20. The van der Waals surface area contributed by atoms with Gasteiger partial charge in [-0.15, -0.1) is 24.0 Å². The number of aromatic nitrogens is 2. The first-order valence-corrected chi connectivity index (χ1v) is 9.36. The summed E-state index contributed by atoms with van der Waals surface area (Å²) in [5, 5.41) is 3.31. The molecule has 2 atom stereocenters. The predicted octanol–water partition coefficient (Wildman–Crippen LogP) is 1.50. The molecule has 0 radical (unpaired) electrons. The van der Waals surface area contributed by atoms with Crippen LogP contribution in [-0.4, -0.2) is 70.4 Å². The van der Waals surface area contributed by atoms with Crippen LogP contribution in [0.1, 0.15) is 38.6 Å². The number of rotatable bonds is 4. The topological polar surface area (TPSA) is 82.8 Å². The summed E-state index contributed by atoms with van der Waals surface area (Å²) in [6, 6.07) is 0.357. The van der Waals surface area contributed by atoms with Crippen molar-refractivity contribution in [2.45, 2.75) is 38.6 Å². The zero-order chi connectivity index (χ0) is 18.5. The van der Waals surface area contributed by atoms with Gasteiger partial charge in [-0.2, -0.15) is 0 Å². The molecule has 0 spiro atoms. The van der Waals surface area contributed by atoms with Crippen molar-refractivity contribution in [2.24, 2.45) is 10.9 Å². The zero-order valence-corrected chi connectivity index (χ0v) is 18.3. The van der Waals surface area contributed by atoms with Crippen LogP contribution in [0.2, 0.25) is 0 Å². The van der Waals surface area contributed by atoms with Gasteiger partial charge in [-0.05, 0) is 18.8 Å². The normalized spacial score (nSPS) is 24.0. The van der Waals surface area contributed by atoms with Crippen LogP contribution in [0, 0.1) is 5.92 Å². The number of carbonyl (C=O) groups is 2. The fraction of sp³-hybridized carbons (Fsp3) is 0.667. The van der Waals surface area contributed by atoms with Crippen LogP contribution in [0.25, 0.3) is 0 Å². The molecular formula is C18H29IN6O2. The molecule has 0 bridgehead atoms. The van der Waals surface area contributed by atoms with Crippen LogP contribution >= 0.6 is 24.0 Å². The molecule has 2 saturated heterocycles. The van der Waals surface area contributed by atoms with Crippen molar-refractivity contribution in [3.8, 4) is 0 Å². The van der Waals surface area contributed by atoms with E-state index in [4.69, 9.17) is 0 Å². The molecule has 27 heavy (non-hydrogen) atoms. The van der Waals surface area contributed by atoms with E-state index in [1.165, 1.54) is 4.90 Å². The number of carbonyl (C=O) groups excluding carboxylic acids is 2. The van der Waals surface area contributed by atoms with E-state index < -0.39 is 0 Å². The minimum absolute atomic E-state index is 0. The summed E-state index contributed by atoms with van der Waals surface area (Å²) in [5.74, 6) is 1.26. The number of imidazole rings is 1. The van der Waals surface area contributed by atoms with E-state index in [1.54, 1.807) is 7.05 Å². The first-order chi connectivity index (χ1) is 12.6. The number of nitrogens with one attached hydrogen (secondary N) is 1. The number of likely N-dealkylation sites (tertiary alicyclic amines) is 2. The standard InChI is InChI=1S/C18H28N6O2.HI/c1-14-6-9-22(12-15(14)23-10-7-20-13-23)18(19-2)21-8-11-24-16(25)4-3-5-17(24)26;/h7,10,13-15H,3-6,8-9,11-12H2,1-2H3,(H,19,21);1H. The van der Waals surface area contributed by atoms with Crippen molar-refractivity contribution in [3.63, 3.8) is 0 Å². The smallest absolute Gasteiger partial charge is 0.229 e. The van der Waals surface area contributed by atoms with Crippen molar-refractivity contribution in [1.29, 1.82) is 0 Å². The molecule has 2 unspecified atom stereocenters. The summed E-state index contributed by atoms with van der Waals surface area (Å²) in [6.07, 6.45) is 8.37. The molecule has 2 amide bonds. The largest absolute Gasteiger partial charge is 0.354 e. The SMILES string of the molecule is CN=C(NCCN1C(=O)CCCC1=O)N1CCC(C)C(n2ccnc2)C1.I. The highest BCUT2D eigenvalue weighted by molar-refractivity contribution is 14.0. The van der Waals surface area contributed by atoms with Gasteiger partial charge in [-0.25, -0.2) is 4.98 Å². The first-order valence-electron chi connectivity index (χ1n) is 9.36. The van der Waals surface area contributed by atoms with Gasteiger partial charge in [-0.3, -0.25) is 19.5 Å². The highest BCUT2D eigenvalue weighted by Gasteiger charge is 2.29. The number of imide groups is 1. The Morgan fingerprint density at radius 3 is 2.70 bits per heavy atom. The Labute approximate surface area is 177 Å². The van der Waals surface area contributed by atoms with E-state index in [0.29, 0.717) is 44.3 Å². The molecule has 2 aliphatic heterocycles. The minimum Gasteiger partial charge on any atom is -0.354 e. The predicted molar refractivity (Wildman–Crippen MR) is 114 cm³/mol. The van der Waals surface area contributed by atoms with Gasteiger partial charge in [0.05, 0.1) is 12.4 Å². The van der Waals surface area contributed by atoms with Crippen molar-refractivity contribution in [3.05, 3.63) is 18.7 Å². The maximum Gasteiger partial charge on any atom is 0.229 e. The van der Waals surface area contributed by atoms with Crippen molar-refractivity contribution < 1.29 is 9.59 Å². The van der Waals surface area contributed by atoms with Gasteiger partial charge >= 0.3 is 0 Å². The molecule has 2 aliphatic rings. The summed E-state index contributed by atoms with van der Waals surface area (Å²) in [4.78, 5) is 36.0. The summed E-state index contributed by atoms with van der Waals surface area (Å²) < 4.78 is 2.16. The molecular weight excluding hydrogens is 459 g/mol. The van der Waals surface area contributed by atoms with Gasteiger partial charge in [0.15, 0.2) is 5.96 Å². The Morgan fingerprint density at radius 2 is 2.07 bits per heavy atom. The second kappa shape index (κ2) is 10.0. The van der Waals surface area contributed by atoms with Gasteiger partial charge in [0.2, 0.25) is 11.8 Å². The molecule has 0 aromatic carbocycles. The fourth-order valence-corrected chi connectivity index (χ4v) is 3.76. The molecule has 3 rings (SSSR count). The second-order valence-electron chi connectivity index (χ2n) is 7.06. The molecule has 0 aliphatic carbocycles. The van der Waals surface area contributed by atoms with E-state index >= 15 is 0 Å². The number of hydrogen-bond acceptors (Lipinski definition) is 4. The number of piperidine rings is 2. The molecule has 9 heteroatoms. The molecule has 150 valence electrons. The lowest BCUT2D eigenvalue weighted by Crippen LogP contribution is -2.51. The van der Waals surface area contributed by atoms with Crippen LogP contribution in [0.5, 0.6) is 0 Å². The lowest BCUT2D eigenvalue weighted by Gasteiger charge is -2.39. The summed E-state index contributed by atoms with van der Waals surface area (Å²) in [6.45, 7) is 4.98. The van der Waals surface area contributed by atoms with Crippen molar-refractivity contribution in [2.75, 3.05) is 33.2 Å². The number of halogens is 1. The summed E-state index contributed by atoms with van der Waals surface area (Å²) in [7, 11) is 1.77. The van der Waals surface area contributed by atoms with E-state index in [1.807, 2.05) is 18.7 Å². The highest BCUT2D eigenvalue weighted by Crippen LogP contribution is 2.27. The first kappa shape index (κ1) is 21.6. The van der Waals surface area contributed by atoms with Crippen LogP contribution < -0.4 is 5.32 Å². The fourth-order valence-electron chi connectivity index (χ4n) is 3.76. The number of amides is 2. The average molecular weight is 488 g/mol. The van der Waals surface area contributed by atoms with E-state index in [-0.39, 0.29) is 35.8 Å². The van der Waals surface area contributed by atoms with Crippen LogP contribution in [0.4, 0.5) is 0 Å². The lowest BCUT2D eigenvalue weighted by atomic mass is 9.93. The molecule has 1 aromatic rings. The molecule has 0 saturated carbocycles. The zero-order valence-electron chi connectivity index (χ0n) is 16.0. The summed E-state index contributed by atoms with van der Waals surface area (Å²) in [5.41, 5.74) is 0. The summed E-state index contributed by atoms with van der Waals surface area (Å²) >= 11 is 0. The van der Waals surface area contributed by atoms with Crippen LogP contribution in [0.15, 0.2) is 23.7 Å². The molecule has 1 aromatic heterocycles. The minimum atomic E-state index is -0.0648. The molecule has 2 fully saturated rings. The third-order valence-electron chi connectivity index (χ3n) is 5.34. The molecule has 1 N–H and O–H groups in total. The maximum absolute atomic E-state index is 11.9. The average Bonchev–Trinajstić information content (AvgIpc) is 3.16. The van der Waals surface area contributed by atoms with Crippen LogP contribution in [0.3, 0.4) is 0 Å². The van der Waals surface area contributed by atoms with E-state index in [2.05, 4.69) is 31.7 Å². The van der Waals surface area contributed by atoms with Crippen molar-refractivity contribution in [1.82, 2.24) is 24.7 Å². The lowest BCUT2D eigenvalue weighted by molar-refractivity contribution is -0.147. The third-order valence-corrected chi connectivity index (χ3v) is 5.34. The van der Waals surface area contributed by atoms with Gasteiger partial charge in [0, 0.05) is 58.5 Å². The number of nitrogens with zero attached hydrogens (tertiary/aromatic N) is 5. The van der Waals surface area contributed by atoms with Gasteiger partial charge in [-0.1, -0.05) is 6.92 Å². The Bertz CT molecular complexity index is 647. The monoisotopic (exact) mass is 488 g/mol. The van der Waals surface area contributed by atoms with Crippen LogP contribution in [-0.2, 0) is 9.59 Å². The highest BCUT2D eigenvalue weighted by atomic mass is 127. The van der Waals surface area contributed by atoms with Gasteiger partial charge in [0.25, 0.3) is 0 Å². The Hall–Kier alpha value is -1.65. The maximum atomic E-state index is 11.9. The Morgan fingerprint density at radius 1 is 1.33 bits per heavy atom.